The van der Waals surface area contributed by atoms with Crippen LogP contribution in [0.1, 0.15) is 38.7 Å². The van der Waals surface area contributed by atoms with Gasteiger partial charge in [0.05, 0.1) is 23.7 Å². The molecule has 0 N–H and O–H groups in total. The Hall–Kier alpha value is -1.52. The molecule has 0 saturated heterocycles. The maximum Gasteiger partial charge on any atom is 0.137 e. The zero-order chi connectivity index (χ0) is 14.3. The zero-order valence-corrected chi connectivity index (χ0v) is 12.8. The minimum atomic E-state index is -0.268. The van der Waals surface area contributed by atoms with Crippen molar-refractivity contribution < 1.29 is 4.74 Å². The van der Waals surface area contributed by atoms with Crippen LogP contribution in [0.25, 0.3) is 0 Å². The number of nitrogens with zero attached hydrogens (tertiary/aromatic N) is 2. The first-order chi connectivity index (χ1) is 8.98. The second-order valence-electron chi connectivity index (χ2n) is 5.05. The van der Waals surface area contributed by atoms with Crippen molar-refractivity contribution in [1.82, 2.24) is 0 Å². The van der Waals surface area contributed by atoms with E-state index in [0.29, 0.717) is 17.9 Å². The average Bonchev–Trinajstić information content (AvgIpc) is 2.39. The summed E-state index contributed by atoms with van der Waals surface area (Å²) in [5.74, 6) is 0.616. The molecule has 0 radical (unpaired) electrons. The fourth-order valence-electron chi connectivity index (χ4n) is 1.62. The second kappa shape index (κ2) is 7.16. The van der Waals surface area contributed by atoms with Crippen LogP contribution in [-0.2, 0) is 0 Å². The Kier molecular flexibility index (Phi) is 5.86. The summed E-state index contributed by atoms with van der Waals surface area (Å²) >= 11 is 3.32. The van der Waals surface area contributed by atoms with Crippen molar-refractivity contribution >= 4 is 15.9 Å². The molecule has 0 atom stereocenters. The maximum absolute atomic E-state index is 9.00. The van der Waals surface area contributed by atoms with Crippen LogP contribution in [0.3, 0.4) is 0 Å². The molecule has 0 heterocycles. The molecule has 0 aliphatic heterocycles. The molecule has 0 amide bonds. The van der Waals surface area contributed by atoms with Crippen LogP contribution in [0.4, 0.5) is 0 Å². The quantitative estimate of drug-likeness (QED) is 0.729. The van der Waals surface area contributed by atoms with Crippen molar-refractivity contribution in [2.75, 3.05) is 6.61 Å². The summed E-state index contributed by atoms with van der Waals surface area (Å²) in [6.45, 7) is 4.45. The SMILES string of the molecule is CC(C)(C#N)CCCCOc1ccc(Br)cc1C#N. The van der Waals surface area contributed by atoms with Crippen molar-refractivity contribution in [3.63, 3.8) is 0 Å². The van der Waals surface area contributed by atoms with E-state index in [4.69, 9.17) is 15.3 Å². The molecule has 19 heavy (non-hydrogen) atoms. The van der Waals surface area contributed by atoms with Gasteiger partial charge in [0.1, 0.15) is 11.8 Å². The van der Waals surface area contributed by atoms with Gasteiger partial charge in [-0.3, -0.25) is 0 Å². The molecule has 4 heteroatoms. The number of hydrogen-bond acceptors (Lipinski definition) is 3. The third-order valence-electron chi connectivity index (χ3n) is 2.82. The summed E-state index contributed by atoms with van der Waals surface area (Å²) in [6, 6.07) is 9.79. The third-order valence-corrected chi connectivity index (χ3v) is 3.31. The molecule has 100 valence electrons. The van der Waals surface area contributed by atoms with E-state index in [1.54, 1.807) is 12.1 Å². The molecular weight excluding hydrogens is 304 g/mol. The smallest absolute Gasteiger partial charge is 0.137 e. The Morgan fingerprint density at radius 3 is 2.63 bits per heavy atom. The first kappa shape index (κ1) is 15.5. The molecule has 0 bridgehead atoms. The monoisotopic (exact) mass is 320 g/mol. The van der Waals surface area contributed by atoms with Gasteiger partial charge in [0, 0.05) is 4.47 Å². The van der Waals surface area contributed by atoms with Gasteiger partial charge in [0.2, 0.25) is 0 Å². The van der Waals surface area contributed by atoms with E-state index in [9.17, 15) is 0 Å². The predicted octanol–water partition coefficient (Wildman–Crippen LogP) is 4.42. The Morgan fingerprint density at radius 1 is 1.26 bits per heavy atom. The minimum Gasteiger partial charge on any atom is -0.492 e. The van der Waals surface area contributed by atoms with Gasteiger partial charge < -0.3 is 4.74 Å². The highest BCUT2D eigenvalue weighted by molar-refractivity contribution is 9.10. The highest BCUT2D eigenvalue weighted by atomic mass is 79.9. The summed E-state index contributed by atoms with van der Waals surface area (Å²) in [4.78, 5) is 0. The summed E-state index contributed by atoms with van der Waals surface area (Å²) in [6.07, 6.45) is 2.68. The van der Waals surface area contributed by atoms with Gasteiger partial charge in [-0.15, -0.1) is 0 Å². The second-order valence-corrected chi connectivity index (χ2v) is 5.97. The lowest BCUT2D eigenvalue weighted by molar-refractivity contribution is 0.294. The van der Waals surface area contributed by atoms with Crippen LogP contribution in [0.15, 0.2) is 22.7 Å². The standard InChI is InChI=1S/C15H17BrN2O/c1-15(2,11-18)7-3-4-8-19-14-6-5-13(16)9-12(14)10-17/h5-6,9H,3-4,7-8H2,1-2H3. The Morgan fingerprint density at radius 2 is 2.00 bits per heavy atom. The van der Waals surface area contributed by atoms with Gasteiger partial charge in [0.15, 0.2) is 0 Å². The van der Waals surface area contributed by atoms with Crippen molar-refractivity contribution in [1.29, 1.82) is 10.5 Å². The topological polar surface area (TPSA) is 56.8 Å². The fraction of sp³-hybridized carbons (Fsp3) is 0.467. The number of nitriles is 2. The molecule has 3 nitrogen and oxygen atoms in total. The van der Waals surface area contributed by atoms with Crippen molar-refractivity contribution in [2.24, 2.45) is 5.41 Å². The van der Waals surface area contributed by atoms with Crippen LogP contribution >= 0.6 is 15.9 Å². The van der Waals surface area contributed by atoms with Gasteiger partial charge in [-0.2, -0.15) is 10.5 Å². The molecule has 0 spiro atoms. The molecule has 0 aliphatic rings. The average molecular weight is 321 g/mol. The molecule has 0 unspecified atom stereocenters. The Labute approximate surface area is 122 Å². The number of halogens is 1. The lowest BCUT2D eigenvalue weighted by Gasteiger charge is -2.14. The number of hydrogen-bond donors (Lipinski definition) is 0. The van der Waals surface area contributed by atoms with E-state index < -0.39 is 0 Å². The van der Waals surface area contributed by atoms with Gasteiger partial charge in [-0.05, 0) is 51.3 Å². The summed E-state index contributed by atoms with van der Waals surface area (Å²) in [5, 5.41) is 17.9. The molecule has 1 aromatic rings. The molecule has 0 aliphatic carbocycles. The van der Waals surface area contributed by atoms with Gasteiger partial charge in [0.25, 0.3) is 0 Å². The molecule has 1 aromatic carbocycles. The Bertz CT molecular complexity index is 512. The fourth-order valence-corrected chi connectivity index (χ4v) is 1.98. The van der Waals surface area contributed by atoms with Crippen molar-refractivity contribution in [2.45, 2.75) is 33.1 Å². The van der Waals surface area contributed by atoms with Crippen LogP contribution in [0, 0.1) is 28.1 Å². The summed E-state index contributed by atoms with van der Waals surface area (Å²) in [7, 11) is 0. The van der Waals surface area contributed by atoms with E-state index in [1.165, 1.54) is 0 Å². The number of ether oxygens (including phenoxy) is 1. The Balaban J connectivity index is 2.39. The maximum atomic E-state index is 9.00. The molecule has 0 fully saturated rings. The van der Waals surface area contributed by atoms with E-state index in [0.717, 1.165) is 23.7 Å². The highest BCUT2D eigenvalue weighted by Crippen LogP contribution is 2.24. The van der Waals surface area contributed by atoms with Crippen molar-refractivity contribution in [3.8, 4) is 17.9 Å². The van der Waals surface area contributed by atoms with E-state index >= 15 is 0 Å². The van der Waals surface area contributed by atoms with Gasteiger partial charge >= 0.3 is 0 Å². The lowest BCUT2D eigenvalue weighted by Crippen LogP contribution is -2.08. The predicted molar refractivity (Wildman–Crippen MR) is 77.6 cm³/mol. The van der Waals surface area contributed by atoms with Crippen LogP contribution < -0.4 is 4.74 Å². The third kappa shape index (κ3) is 5.32. The van der Waals surface area contributed by atoms with Crippen LogP contribution in [0.5, 0.6) is 5.75 Å². The number of unbranched alkanes of at least 4 members (excludes halogenated alkanes) is 1. The zero-order valence-electron chi connectivity index (χ0n) is 11.2. The summed E-state index contributed by atoms with van der Waals surface area (Å²) in [5.41, 5.74) is 0.266. The van der Waals surface area contributed by atoms with E-state index in [2.05, 4.69) is 28.1 Å². The van der Waals surface area contributed by atoms with E-state index in [1.807, 2.05) is 19.9 Å². The molecular formula is C15H17BrN2O. The van der Waals surface area contributed by atoms with Gasteiger partial charge in [-0.25, -0.2) is 0 Å². The first-order valence-corrected chi connectivity index (χ1v) is 7.01. The molecule has 0 aromatic heterocycles. The van der Waals surface area contributed by atoms with Crippen molar-refractivity contribution in [3.05, 3.63) is 28.2 Å². The number of rotatable bonds is 6. The minimum absolute atomic E-state index is 0.268. The van der Waals surface area contributed by atoms with Crippen LogP contribution in [0.2, 0.25) is 0 Å². The summed E-state index contributed by atoms with van der Waals surface area (Å²) < 4.78 is 6.47. The highest BCUT2D eigenvalue weighted by Gasteiger charge is 2.15. The van der Waals surface area contributed by atoms with E-state index in [-0.39, 0.29) is 5.41 Å². The molecule has 0 saturated carbocycles. The van der Waals surface area contributed by atoms with Crippen LogP contribution in [-0.4, -0.2) is 6.61 Å². The lowest BCUT2D eigenvalue weighted by atomic mass is 9.89. The first-order valence-electron chi connectivity index (χ1n) is 6.22. The molecule has 1 rings (SSSR count). The normalized spacial score (nSPS) is 10.6. The number of benzene rings is 1. The largest absolute Gasteiger partial charge is 0.492 e. The van der Waals surface area contributed by atoms with Gasteiger partial charge in [-0.1, -0.05) is 15.9 Å².